The average Bonchev–Trinajstić information content (AvgIpc) is 2.96. The summed E-state index contributed by atoms with van der Waals surface area (Å²) in [5.74, 6) is 1.46. The summed E-state index contributed by atoms with van der Waals surface area (Å²) in [5.41, 5.74) is 1.38. The SMILES string of the molecule is CCCCC(Cn1ccnc1)c1ccc(OC)cc1. The molecule has 0 saturated heterocycles. The lowest BCUT2D eigenvalue weighted by Gasteiger charge is -2.18. The van der Waals surface area contributed by atoms with Crippen LogP contribution in [-0.2, 0) is 6.54 Å². The molecule has 2 rings (SSSR count). The highest BCUT2D eigenvalue weighted by Crippen LogP contribution is 2.26. The van der Waals surface area contributed by atoms with Crippen LogP contribution in [-0.4, -0.2) is 16.7 Å². The first-order valence-electron chi connectivity index (χ1n) is 6.93. The third-order valence-corrected chi connectivity index (χ3v) is 3.48. The third-order valence-electron chi connectivity index (χ3n) is 3.48. The Hall–Kier alpha value is -1.77. The van der Waals surface area contributed by atoms with Gasteiger partial charge < -0.3 is 9.30 Å². The molecule has 0 amide bonds. The topological polar surface area (TPSA) is 27.1 Å². The maximum absolute atomic E-state index is 5.22. The molecule has 0 bridgehead atoms. The van der Waals surface area contributed by atoms with E-state index in [4.69, 9.17) is 4.74 Å². The zero-order valence-electron chi connectivity index (χ0n) is 11.7. The van der Waals surface area contributed by atoms with Gasteiger partial charge in [-0.2, -0.15) is 0 Å². The minimum atomic E-state index is 0.542. The van der Waals surface area contributed by atoms with Crippen LogP contribution in [0.25, 0.3) is 0 Å². The van der Waals surface area contributed by atoms with Crippen LogP contribution >= 0.6 is 0 Å². The molecule has 0 saturated carbocycles. The highest BCUT2D eigenvalue weighted by Gasteiger charge is 2.12. The number of unbranched alkanes of at least 4 members (excludes halogenated alkanes) is 1. The molecule has 0 spiro atoms. The van der Waals surface area contributed by atoms with Gasteiger partial charge in [0.1, 0.15) is 5.75 Å². The van der Waals surface area contributed by atoms with Crippen molar-refractivity contribution in [1.82, 2.24) is 9.55 Å². The minimum absolute atomic E-state index is 0.542. The average molecular weight is 258 g/mol. The fraction of sp³-hybridized carbons (Fsp3) is 0.438. The number of methoxy groups -OCH3 is 1. The summed E-state index contributed by atoms with van der Waals surface area (Å²) in [6.07, 6.45) is 9.46. The summed E-state index contributed by atoms with van der Waals surface area (Å²) >= 11 is 0. The summed E-state index contributed by atoms with van der Waals surface area (Å²) in [4.78, 5) is 4.12. The van der Waals surface area contributed by atoms with Crippen LogP contribution in [0, 0.1) is 0 Å². The van der Waals surface area contributed by atoms with Crippen molar-refractivity contribution in [3.63, 3.8) is 0 Å². The van der Waals surface area contributed by atoms with Gasteiger partial charge in [0.05, 0.1) is 13.4 Å². The van der Waals surface area contributed by atoms with Crippen molar-refractivity contribution in [2.24, 2.45) is 0 Å². The monoisotopic (exact) mass is 258 g/mol. The number of imidazole rings is 1. The van der Waals surface area contributed by atoms with Crippen molar-refractivity contribution in [2.45, 2.75) is 38.6 Å². The highest BCUT2D eigenvalue weighted by molar-refractivity contribution is 5.29. The van der Waals surface area contributed by atoms with Crippen molar-refractivity contribution in [1.29, 1.82) is 0 Å². The fourth-order valence-electron chi connectivity index (χ4n) is 2.34. The Morgan fingerprint density at radius 2 is 2.05 bits per heavy atom. The number of hydrogen-bond acceptors (Lipinski definition) is 2. The van der Waals surface area contributed by atoms with Gasteiger partial charge in [0.25, 0.3) is 0 Å². The van der Waals surface area contributed by atoms with Crippen LogP contribution < -0.4 is 4.74 Å². The first-order valence-corrected chi connectivity index (χ1v) is 6.93. The lowest BCUT2D eigenvalue weighted by Crippen LogP contribution is -2.08. The summed E-state index contributed by atoms with van der Waals surface area (Å²) in [6, 6.07) is 8.44. The van der Waals surface area contributed by atoms with Crippen LogP contribution in [0.3, 0.4) is 0 Å². The summed E-state index contributed by atoms with van der Waals surface area (Å²) in [7, 11) is 1.70. The summed E-state index contributed by atoms with van der Waals surface area (Å²) in [5, 5.41) is 0. The number of rotatable bonds is 7. The molecular formula is C16H22N2O. The van der Waals surface area contributed by atoms with E-state index in [1.807, 2.05) is 30.9 Å². The first-order chi connectivity index (χ1) is 9.33. The van der Waals surface area contributed by atoms with Gasteiger partial charge in [0, 0.05) is 24.9 Å². The number of benzene rings is 1. The van der Waals surface area contributed by atoms with Crippen molar-refractivity contribution in [2.75, 3.05) is 7.11 Å². The van der Waals surface area contributed by atoms with E-state index in [1.54, 1.807) is 7.11 Å². The zero-order chi connectivity index (χ0) is 13.5. The highest BCUT2D eigenvalue weighted by atomic mass is 16.5. The van der Waals surface area contributed by atoms with E-state index in [1.165, 1.54) is 24.8 Å². The normalized spacial score (nSPS) is 12.3. The lowest BCUT2D eigenvalue weighted by atomic mass is 9.93. The predicted octanol–water partition coefficient (Wildman–Crippen LogP) is 3.87. The van der Waals surface area contributed by atoms with Gasteiger partial charge in [-0.15, -0.1) is 0 Å². The van der Waals surface area contributed by atoms with Crippen LogP contribution in [0.5, 0.6) is 5.75 Å². The Morgan fingerprint density at radius 3 is 2.63 bits per heavy atom. The van der Waals surface area contributed by atoms with Gasteiger partial charge in [-0.25, -0.2) is 4.98 Å². The van der Waals surface area contributed by atoms with E-state index in [-0.39, 0.29) is 0 Å². The van der Waals surface area contributed by atoms with Crippen LogP contribution in [0.1, 0.15) is 37.7 Å². The van der Waals surface area contributed by atoms with Crippen molar-refractivity contribution in [3.05, 3.63) is 48.5 Å². The Morgan fingerprint density at radius 1 is 1.26 bits per heavy atom. The smallest absolute Gasteiger partial charge is 0.118 e. The second-order valence-corrected chi connectivity index (χ2v) is 4.87. The van der Waals surface area contributed by atoms with E-state index < -0.39 is 0 Å². The fourth-order valence-corrected chi connectivity index (χ4v) is 2.34. The number of aromatic nitrogens is 2. The Balaban J connectivity index is 2.10. The lowest BCUT2D eigenvalue weighted by molar-refractivity contribution is 0.414. The second-order valence-electron chi connectivity index (χ2n) is 4.87. The van der Waals surface area contributed by atoms with Gasteiger partial charge >= 0.3 is 0 Å². The quantitative estimate of drug-likeness (QED) is 0.754. The number of ether oxygens (including phenoxy) is 1. The van der Waals surface area contributed by atoms with Crippen LogP contribution in [0.4, 0.5) is 0 Å². The minimum Gasteiger partial charge on any atom is -0.497 e. The van der Waals surface area contributed by atoms with Crippen LogP contribution in [0.15, 0.2) is 43.0 Å². The van der Waals surface area contributed by atoms with Gasteiger partial charge in [0.2, 0.25) is 0 Å². The Labute approximate surface area is 115 Å². The standard InChI is InChI=1S/C16H22N2O/c1-3-4-5-15(12-18-11-10-17-13-18)14-6-8-16(19-2)9-7-14/h6-11,13,15H,3-5,12H2,1-2H3. The molecule has 1 aromatic carbocycles. The first kappa shape index (κ1) is 13.7. The Bertz CT molecular complexity index is 462. The van der Waals surface area contributed by atoms with Crippen molar-refractivity contribution >= 4 is 0 Å². The molecule has 1 heterocycles. The van der Waals surface area contributed by atoms with E-state index in [0.717, 1.165) is 12.3 Å². The zero-order valence-corrected chi connectivity index (χ0v) is 11.7. The third kappa shape index (κ3) is 3.85. The summed E-state index contributed by atoms with van der Waals surface area (Å²) in [6.45, 7) is 3.23. The predicted molar refractivity (Wildman–Crippen MR) is 77.5 cm³/mol. The van der Waals surface area contributed by atoms with Gasteiger partial charge in [-0.3, -0.25) is 0 Å². The molecule has 2 aromatic rings. The second kappa shape index (κ2) is 6.98. The summed E-state index contributed by atoms with van der Waals surface area (Å²) < 4.78 is 7.38. The largest absolute Gasteiger partial charge is 0.497 e. The molecule has 1 aromatic heterocycles. The molecule has 0 aliphatic heterocycles. The molecule has 3 heteroatoms. The molecule has 1 atom stereocenters. The molecule has 19 heavy (non-hydrogen) atoms. The van der Waals surface area contributed by atoms with Crippen molar-refractivity contribution in [3.8, 4) is 5.75 Å². The van der Waals surface area contributed by atoms with E-state index in [0.29, 0.717) is 5.92 Å². The molecule has 0 fully saturated rings. The van der Waals surface area contributed by atoms with Gasteiger partial charge in [0.15, 0.2) is 0 Å². The van der Waals surface area contributed by atoms with E-state index in [2.05, 4.69) is 28.6 Å². The molecule has 102 valence electrons. The van der Waals surface area contributed by atoms with Gasteiger partial charge in [-0.05, 0) is 24.1 Å². The molecule has 0 aliphatic rings. The van der Waals surface area contributed by atoms with Gasteiger partial charge in [-0.1, -0.05) is 31.9 Å². The van der Waals surface area contributed by atoms with Crippen LogP contribution in [0.2, 0.25) is 0 Å². The van der Waals surface area contributed by atoms with Crippen molar-refractivity contribution < 1.29 is 4.74 Å². The van der Waals surface area contributed by atoms with E-state index >= 15 is 0 Å². The molecule has 0 N–H and O–H groups in total. The number of hydrogen-bond donors (Lipinski definition) is 0. The molecular weight excluding hydrogens is 236 g/mol. The van der Waals surface area contributed by atoms with E-state index in [9.17, 15) is 0 Å². The maximum Gasteiger partial charge on any atom is 0.118 e. The molecule has 3 nitrogen and oxygen atoms in total. The maximum atomic E-state index is 5.22. The Kier molecular flexibility index (Phi) is 5.01. The molecule has 0 radical (unpaired) electrons. The molecule has 1 unspecified atom stereocenters. The molecule has 0 aliphatic carbocycles. The number of nitrogens with zero attached hydrogens (tertiary/aromatic N) is 2.